The Bertz CT molecular complexity index is 1250. The SMILES string of the molecule is O=C(Nc1ccccc1-c1cnco1)N1CCN2C(=O)N(C3CC3c3ccccc3)C(=O)C2C1. The number of para-hydroxylation sites is 1. The van der Waals surface area contributed by atoms with Gasteiger partial charge in [0, 0.05) is 30.6 Å². The molecule has 3 aromatic rings. The number of amides is 5. The van der Waals surface area contributed by atoms with Crippen LogP contribution in [0.3, 0.4) is 0 Å². The third-order valence-corrected chi connectivity index (χ3v) is 6.82. The fraction of sp³-hybridized carbons (Fsp3) is 0.280. The van der Waals surface area contributed by atoms with E-state index in [1.807, 2.05) is 48.5 Å². The lowest BCUT2D eigenvalue weighted by Crippen LogP contribution is -2.55. The molecule has 2 aromatic carbocycles. The highest BCUT2D eigenvalue weighted by Crippen LogP contribution is 2.46. The second kappa shape index (κ2) is 8.02. The summed E-state index contributed by atoms with van der Waals surface area (Å²) in [5.74, 6) is 0.515. The van der Waals surface area contributed by atoms with E-state index < -0.39 is 6.04 Å². The highest BCUT2D eigenvalue weighted by Gasteiger charge is 2.56. The maximum atomic E-state index is 13.2. The topological polar surface area (TPSA) is 99.0 Å². The van der Waals surface area contributed by atoms with Crippen molar-refractivity contribution >= 4 is 23.7 Å². The number of rotatable bonds is 4. The first-order chi connectivity index (χ1) is 16.6. The predicted molar refractivity (Wildman–Crippen MR) is 123 cm³/mol. The van der Waals surface area contributed by atoms with Crippen LogP contribution in [0.1, 0.15) is 17.9 Å². The van der Waals surface area contributed by atoms with Gasteiger partial charge in [0.15, 0.2) is 12.2 Å². The highest BCUT2D eigenvalue weighted by molar-refractivity contribution is 6.06. The molecule has 1 saturated carbocycles. The highest BCUT2D eigenvalue weighted by atomic mass is 16.3. The number of imide groups is 1. The predicted octanol–water partition coefficient (Wildman–Crippen LogP) is 3.38. The second-order valence-corrected chi connectivity index (χ2v) is 8.81. The average Bonchev–Trinajstić information content (AvgIpc) is 3.36. The monoisotopic (exact) mass is 457 g/mol. The van der Waals surface area contributed by atoms with E-state index >= 15 is 0 Å². The Morgan fingerprint density at radius 2 is 1.82 bits per heavy atom. The molecule has 6 rings (SSSR count). The van der Waals surface area contributed by atoms with Gasteiger partial charge >= 0.3 is 12.1 Å². The Kier molecular flexibility index (Phi) is 4.83. The van der Waals surface area contributed by atoms with Crippen molar-refractivity contribution in [1.82, 2.24) is 19.7 Å². The van der Waals surface area contributed by atoms with Crippen molar-refractivity contribution in [3.05, 3.63) is 72.8 Å². The van der Waals surface area contributed by atoms with E-state index in [0.29, 0.717) is 30.1 Å². The van der Waals surface area contributed by atoms with Crippen molar-refractivity contribution < 1.29 is 18.8 Å². The van der Waals surface area contributed by atoms with Crippen LogP contribution < -0.4 is 5.32 Å². The third kappa shape index (κ3) is 3.40. The molecular formula is C25H23N5O4. The number of piperazine rings is 1. The maximum Gasteiger partial charge on any atom is 0.327 e. The second-order valence-electron chi connectivity index (χ2n) is 8.81. The minimum Gasteiger partial charge on any atom is -0.443 e. The smallest absolute Gasteiger partial charge is 0.327 e. The Balaban J connectivity index is 1.15. The standard InChI is InChI=1S/C25H23N5O4/c31-23-21-14-28(24(32)27-19-9-5-4-8-17(19)22-13-26-15-34-22)10-11-29(21)25(33)30(23)20-12-18(20)16-6-2-1-3-7-16/h1-9,13,15,18,20-21H,10-12,14H2,(H,27,32). The quantitative estimate of drug-likeness (QED) is 0.606. The molecule has 172 valence electrons. The van der Waals surface area contributed by atoms with Crippen molar-refractivity contribution in [1.29, 1.82) is 0 Å². The van der Waals surface area contributed by atoms with Crippen LogP contribution in [-0.4, -0.2) is 69.4 Å². The molecule has 3 atom stereocenters. The summed E-state index contributed by atoms with van der Waals surface area (Å²) in [5, 5.41) is 2.92. The lowest BCUT2D eigenvalue weighted by Gasteiger charge is -2.35. The lowest BCUT2D eigenvalue weighted by atomic mass is 10.1. The summed E-state index contributed by atoms with van der Waals surface area (Å²) in [6.45, 7) is 0.845. The summed E-state index contributed by atoms with van der Waals surface area (Å²) in [6.07, 6.45) is 3.70. The molecule has 0 bridgehead atoms. The van der Waals surface area contributed by atoms with Gasteiger partial charge in [-0.05, 0) is 24.1 Å². The molecule has 2 aliphatic heterocycles. The molecule has 3 unspecified atom stereocenters. The van der Waals surface area contributed by atoms with Gasteiger partial charge in [-0.2, -0.15) is 0 Å². The zero-order valence-corrected chi connectivity index (χ0v) is 18.3. The van der Waals surface area contributed by atoms with Crippen molar-refractivity contribution in [2.24, 2.45) is 0 Å². The number of hydrogen-bond donors (Lipinski definition) is 1. The number of benzene rings is 2. The van der Waals surface area contributed by atoms with Gasteiger partial charge in [0.25, 0.3) is 5.91 Å². The number of carbonyl (C=O) groups is 3. The molecule has 0 radical (unpaired) electrons. The van der Waals surface area contributed by atoms with Gasteiger partial charge in [0.05, 0.1) is 18.4 Å². The van der Waals surface area contributed by atoms with E-state index in [4.69, 9.17) is 4.42 Å². The third-order valence-electron chi connectivity index (χ3n) is 6.82. The van der Waals surface area contributed by atoms with Gasteiger partial charge in [-0.25, -0.2) is 14.6 Å². The van der Waals surface area contributed by atoms with Crippen molar-refractivity contribution in [2.45, 2.75) is 24.4 Å². The fourth-order valence-electron chi connectivity index (χ4n) is 4.98. The Morgan fingerprint density at radius 3 is 2.62 bits per heavy atom. The number of oxazole rings is 1. The van der Waals surface area contributed by atoms with Gasteiger partial charge in [-0.15, -0.1) is 0 Å². The first-order valence-corrected chi connectivity index (χ1v) is 11.3. The molecule has 3 heterocycles. The summed E-state index contributed by atoms with van der Waals surface area (Å²) in [4.78, 5) is 47.9. The van der Waals surface area contributed by atoms with Gasteiger partial charge in [0.2, 0.25) is 0 Å². The number of carbonyl (C=O) groups excluding carboxylic acids is 3. The average molecular weight is 457 g/mol. The molecule has 3 fully saturated rings. The molecule has 9 nitrogen and oxygen atoms in total. The van der Waals surface area contributed by atoms with Crippen LogP contribution in [0.4, 0.5) is 15.3 Å². The molecule has 3 aliphatic rings. The normalized spacial score (nSPS) is 23.8. The van der Waals surface area contributed by atoms with Gasteiger partial charge in [-0.3, -0.25) is 9.69 Å². The summed E-state index contributed by atoms with van der Waals surface area (Å²) in [5.41, 5.74) is 2.45. The lowest BCUT2D eigenvalue weighted by molar-refractivity contribution is -0.129. The molecule has 1 aromatic heterocycles. The fourth-order valence-corrected chi connectivity index (χ4v) is 4.98. The first kappa shape index (κ1) is 20.5. The number of nitrogens with zero attached hydrogens (tertiary/aromatic N) is 4. The Morgan fingerprint density at radius 1 is 1.03 bits per heavy atom. The van der Waals surface area contributed by atoms with Gasteiger partial charge in [-0.1, -0.05) is 42.5 Å². The molecule has 9 heteroatoms. The van der Waals surface area contributed by atoms with Crippen LogP contribution in [0.15, 0.2) is 71.6 Å². The number of urea groups is 2. The van der Waals surface area contributed by atoms with Gasteiger partial charge in [0.1, 0.15) is 6.04 Å². The molecule has 34 heavy (non-hydrogen) atoms. The molecule has 5 amide bonds. The number of anilines is 1. The summed E-state index contributed by atoms with van der Waals surface area (Å²) in [7, 11) is 0. The summed E-state index contributed by atoms with van der Waals surface area (Å²) < 4.78 is 5.38. The van der Waals surface area contributed by atoms with Crippen molar-refractivity contribution in [3.8, 4) is 11.3 Å². The molecule has 1 N–H and O–H groups in total. The number of nitrogens with one attached hydrogen (secondary N) is 1. The minimum absolute atomic E-state index is 0.107. The van der Waals surface area contributed by atoms with Crippen LogP contribution in [0.25, 0.3) is 11.3 Å². The van der Waals surface area contributed by atoms with E-state index in [-0.39, 0.29) is 36.5 Å². The van der Waals surface area contributed by atoms with Crippen LogP contribution in [-0.2, 0) is 4.79 Å². The van der Waals surface area contributed by atoms with Crippen LogP contribution in [0.5, 0.6) is 0 Å². The molecule has 2 saturated heterocycles. The molecular weight excluding hydrogens is 434 g/mol. The van der Waals surface area contributed by atoms with E-state index in [0.717, 1.165) is 12.0 Å². The Hall–Kier alpha value is -4.14. The van der Waals surface area contributed by atoms with Gasteiger partial charge < -0.3 is 19.5 Å². The van der Waals surface area contributed by atoms with Crippen molar-refractivity contribution in [2.75, 3.05) is 25.0 Å². The maximum absolute atomic E-state index is 13.2. The number of aromatic nitrogens is 1. The zero-order valence-electron chi connectivity index (χ0n) is 18.3. The zero-order chi connectivity index (χ0) is 23.2. The molecule has 0 spiro atoms. The number of hydrogen-bond acceptors (Lipinski definition) is 5. The molecule has 1 aliphatic carbocycles. The number of fused-ring (bicyclic) bond motifs is 1. The first-order valence-electron chi connectivity index (χ1n) is 11.3. The van der Waals surface area contributed by atoms with E-state index in [1.54, 1.807) is 22.1 Å². The van der Waals surface area contributed by atoms with E-state index in [1.165, 1.54) is 11.3 Å². The largest absolute Gasteiger partial charge is 0.443 e. The van der Waals surface area contributed by atoms with E-state index in [2.05, 4.69) is 10.3 Å². The van der Waals surface area contributed by atoms with Crippen LogP contribution >= 0.6 is 0 Å². The minimum atomic E-state index is -0.645. The summed E-state index contributed by atoms with van der Waals surface area (Å²) >= 11 is 0. The van der Waals surface area contributed by atoms with Crippen LogP contribution in [0, 0.1) is 0 Å². The van der Waals surface area contributed by atoms with E-state index in [9.17, 15) is 14.4 Å². The Labute approximate surface area is 196 Å². The van der Waals surface area contributed by atoms with Crippen molar-refractivity contribution in [3.63, 3.8) is 0 Å². The summed E-state index contributed by atoms with van der Waals surface area (Å²) in [6, 6.07) is 15.9. The van der Waals surface area contributed by atoms with Crippen LogP contribution in [0.2, 0.25) is 0 Å².